The van der Waals surface area contributed by atoms with Crippen molar-refractivity contribution in [3.05, 3.63) is 6.20 Å². The van der Waals surface area contributed by atoms with Gasteiger partial charge in [-0.25, -0.2) is 13.1 Å². The molecule has 3 N–H and O–H groups in total. The highest BCUT2D eigenvalue weighted by Gasteiger charge is 2.25. The van der Waals surface area contributed by atoms with E-state index >= 15 is 0 Å². The van der Waals surface area contributed by atoms with E-state index in [1.807, 2.05) is 6.92 Å². The number of ether oxygens (including phenoxy) is 1. The van der Waals surface area contributed by atoms with Gasteiger partial charge in [0.25, 0.3) is 0 Å². The van der Waals surface area contributed by atoms with Crippen LogP contribution in [0.1, 0.15) is 26.2 Å². The van der Waals surface area contributed by atoms with Crippen LogP contribution in [0.4, 0.5) is 5.82 Å². The fourth-order valence-corrected chi connectivity index (χ4v) is 3.45. The molecule has 0 aromatic carbocycles. The molecule has 19 heavy (non-hydrogen) atoms. The predicted octanol–water partition coefficient (Wildman–Crippen LogP) is 0.333. The Morgan fingerprint density at radius 2 is 2.21 bits per heavy atom. The molecule has 1 aliphatic rings. The zero-order valence-electron chi connectivity index (χ0n) is 11.0. The minimum absolute atomic E-state index is 0.0491. The molecule has 2 heterocycles. The monoisotopic (exact) mass is 288 g/mol. The zero-order valence-corrected chi connectivity index (χ0v) is 11.8. The molecule has 108 valence electrons. The summed E-state index contributed by atoms with van der Waals surface area (Å²) >= 11 is 0. The van der Waals surface area contributed by atoms with Crippen LogP contribution < -0.4 is 10.5 Å². The third-order valence-electron chi connectivity index (χ3n) is 3.04. The number of hydrogen-bond acceptors (Lipinski definition) is 5. The molecule has 0 bridgehead atoms. The maximum Gasteiger partial charge on any atom is 0.246 e. The summed E-state index contributed by atoms with van der Waals surface area (Å²) in [6, 6.07) is -0.0901. The van der Waals surface area contributed by atoms with Crippen LogP contribution in [0.3, 0.4) is 0 Å². The molecule has 0 aliphatic carbocycles. The van der Waals surface area contributed by atoms with Crippen molar-refractivity contribution in [1.82, 2.24) is 14.5 Å². The fourth-order valence-electron chi connectivity index (χ4n) is 2.07. The molecule has 0 amide bonds. The van der Waals surface area contributed by atoms with Crippen LogP contribution in [-0.2, 0) is 21.3 Å². The molecule has 0 spiro atoms. The third-order valence-corrected chi connectivity index (χ3v) is 4.58. The van der Waals surface area contributed by atoms with Crippen LogP contribution in [0, 0.1) is 0 Å². The Balaban J connectivity index is 2.14. The van der Waals surface area contributed by atoms with Crippen molar-refractivity contribution in [3.8, 4) is 0 Å². The van der Waals surface area contributed by atoms with Crippen molar-refractivity contribution in [1.29, 1.82) is 0 Å². The van der Waals surface area contributed by atoms with Gasteiger partial charge in [-0.2, -0.15) is 5.10 Å². The molecule has 7 nitrogen and oxygen atoms in total. The van der Waals surface area contributed by atoms with E-state index in [0.717, 1.165) is 6.42 Å². The second kappa shape index (κ2) is 5.89. The van der Waals surface area contributed by atoms with Gasteiger partial charge in [-0.15, -0.1) is 0 Å². The average Bonchev–Trinajstić information content (AvgIpc) is 2.72. The number of rotatable bonds is 5. The summed E-state index contributed by atoms with van der Waals surface area (Å²) in [7, 11) is -3.60. The molecule has 0 atom stereocenters. The fraction of sp³-hybridized carbons (Fsp3) is 0.727. The zero-order chi connectivity index (χ0) is 13.9. The second-order valence-corrected chi connectivity index (χ2v) is 6.33. The van der Waals surface area contributed by atoms with E-state index in [0.29, 0.717) is 32.6 Å². The van der Waals surface area contributed by atoms with Gasteiger partial charge in [0.15, 0.2) is 5.82 Å². The quantitative estimate of drug-likeness (QED) is 0.813. The molecule has 8 heteroatoms. The van der Waals surface area contributed by atoms with Crippen molar-refractivity contribution in [2.45, 2.75) is 43.7 Å². The molecule has 2 rings (SSSR count). The Bertz CT molecular complexity index is 520. The number of aryl methyl sites for hydroxylation is 1. The van der Waals surface area contributed by atoms with Gasteiger partial charge in [-0.1, -0.05) is 6.92 Å². The molecule has 0 radical (unpaired) electrons. The summed E-state index contributed by atoms with van der Waals surface area (Å²) in [5.74, 6) is 0.0491. The Labute approximate surface area is 113 Å². The third kappa shape index (κ3) is 3.46. The lowest BCUT2D eigenvalue weighted by molar-refractivity contribution is 0.0832. The van der Waals surface area contributed by atoms with E-state index in [-0.39, 0.29) is 16.8 Å². The van der Waals surface area contributed by atoms with Crippen LogP contribution >= 0.6 is 0 Å². The lowest BCUT2D eigenvalue weighted by atomic mass is 10.1. The van der Waals surface area contributed by atoms with Gasteiger partial charge in [0.05, 0.1) is 0 Å². The van der Waals surface area contributed by atoms with Gasteiger partial charge in [0, 0.05) is 32.0 Å². The largest absolute Gasteiger partial charge is 0.381 e. The van der Waals surface area contributed by atoms with E-state index in [2.05, 4.69) is 9.82 Å². The summed E-state index contributed by atoms with van der Waals surface area (Å²) < 4.78 is 33.9. The lowest BCUT2D eigenvalue weighted by Gasteiger charge is -2.22. The number of hydrogen-bond donors (Lipinski definition) is 2. The molecular weight excluding hydrogens is 268 g/mol. The standard InChI is InChI=1S/C11H20N4O3S/c1-2-5-15-8-10(11(12)13-15)19(16,17)14-9-3-6-18-7-4-9/h8-9,14H,2-7H2,1H3,(H2,12,13). The summed E-state index contributed by atoms with van der Waals surface area (Å²) in [6.45, 7) is 3.80. The van der Waals surface area contributed by atoms with E-state index in [9.17, 15) is 8.42 Å². The first-order valence-corrected chi connectivity index (χ1v) is 7.94. The molecule has 1 aromatic rings. The molecule has 0 saturated carbocycles. The van der Waals surface area contributed by atoms with E-state index in [1.165, 1.54) is 6.20 Å². The number of nitrogen functional groups attached to an aromatic ring is 1. The van der Waals surface area contributed by atoms with Crippen LogP contribution in [0.25, 0.3) is 0 Å². The van der Waals surface area contributed by atoms with Gasteiger partial charge in [0.1, 0.15) is 4.90 Å². The SMILES string of the molecule is CCCn1cc(S(=O)(=O)NC2CCOCC2)c(N)n1. The molecule has 1 aromatic heterocycles. The van der Waals surface area contributed by atoms with Gasteiger partial charge < -0.3 is 10.5 Å². The number of nitrogens with two attached hydrogens (primary N) is 1. The Hall–Kier alpha value is -1.12. The normalized spacial score (nSPS) is 17.7. The Morgan fingerprint density at radius 1 is 1.53 bits per heavy atom. The first-order chi connectivity index (χ1) is 9.03. The first-order valence-electron chi connectivity index (χ1n) is 6.46. The Kier molecular flexibility index (Phi) is 4.43. The molecule has 1 saturated heterocycles. The second-order valence-electron chi connectivity index (χ2n) is 4.65. The van der Waals surface area contributed by atoms with Crippen LogP contribution in [0.2, 0.25) is 0 Å². The molecular formula is C11H20N4O3S. The van der Waals surface area contributed by atoms with Crippen LogP contribution in [0.15, 0.2) is 11.1 Å². The highest BCUT2D eigenvalue weighted by molar-refractivity contribution is 7.89. The van der Waals surface area contributed by atoms with Crippen molar-refractivity contribution < 1.29 is 13.2 Å². The maximum atomic E-state index is 12.3. The van der Waals surface area contributed by atoms with Crippen LogP contribution in [0.5, 0.6) is 0 Å². The van der Waals surface area contributed by atoms with Gasteiger partial charge in [0.2, 0.25) is 10.0 Å². The van der Waals surface area contributed by atoms with Gasteiger partial charge in [-0.05, 0) is 19.3 Å². The minimum Gasteiger partial charge on any atom is -0.381 e. The van der Waals surface area contributed by atoms with E-state index in [4.69, 9.17) is 10.5 Å². The summed E-state index contributed by atoms with van der Waals surface area (Å²) in [5.41, 5.74) is 5.69. The summed E-state index contributed by atoms with van der Waals surface area (Å²) in [5, 5.41) is 4.01. The van der Waals surface area contributed by atoms with Crippen LogP contribution in [-0.4, -0.2) is 37.5 Å². The van der Waals surface area contributed by atoms with E-state index in [1.54, 1.807) is 4.68 Å². The average molecular weight is 288 g/mol. The number of sulfonamides is 1. The number of aromatic nitrogens is 2. The summed E-state index contributed by atoms with van der Waals surface area (Å²) in [6.07, 6.45) is 3.72. The number of nitrogens with zero attached hydrogens (tertiary/aromatic N) is 2. The smallest absolute Gasteiger partial charge is 0.246 e. The molecule has 0 unspecified atom stereocenters. The first kappa shape index (κ1) is 14.3. The number of nitrogens with one attached hydrogen (secondary N) is 1. The highest BCUT2D eigenvalue weighted by Crippen LogP contribution is 2.18. The van der Waals surface area contributed by atoms with E-state index < -0.39 is 10.0 Å². The minimum atomic E-state index is -3.60. The van der Waals surface area contributed by atoms with Crippen molar-refractivity contribution in [2.24, 2.45) is 0 Å². The Morgan fingerprint density at radius 3 is 2.84 bits per heavy atom. The van der Waals surface area contributed by atoms with Gasteiger partial charge >= 0.3 is 0 Å². The predicted molar refractivity (Wildman–Crippen MR) is 71.1 cm³/mol. The van der Waals surface area contributed by atoms with Crippen molar-refractivity contribution >= 4 is 15.8 Å². The lowest BCUT2D eigenvalue weighted by Crippen LogP contribution is -2.38. The topological polar surface area (TPSA) is 99.2 Å². The summed E-state index contributed by atoms with van der Waals surface area (Å²) in [4.78, 5) is 0.0624. The van der Waals surface area contributed by atoms with Gasteiger partial charge in [-0.3, -0.25) is 4.68 Å². The molecule has 1 aliphatic heterocycles. The molecule has 1 fully saturated rings. The number of anilines is 1. The van der Waals surface area contributed by atoms with Crippen molar-refractivity contribution in [3.63, 3.8) is 0 Å². The van der Waals surface area contributed by atoms with Crippen molar-refractivity contribution in [2.75, 3.05) is 18.9 Å². The maximum absolute atomic E-state index is 12.3. The highest BCUT2D eigenvalue weighted by atomic mass is 32.2.